The number of nitrogens with zero attached hydrogens (tertiary/aromatic N) is 2. The minimum atomic E-state index is -0.197. The highest BCUT2D eigenvalue weighted by atomic mass is 35.5. The monoisotopic (exact) mass is 397 g/mol. The standard InChI is InChI=1S/C22H24ClN3O2/c1-15-13-21(27)24-18-9-4-5-10-20(18)26(15)22(28)14-25-12-6-11-19(25)16-7-2-3-8-17(16)23/h2-5,7-10,15,19H,6,11-14H2,1H3,(H,24,27). The molecule has 2 aliphatic rings. The summed E-state index contributed by atoms with van der Waals surface area (Å²) in [5.41, 5.74) is 2.53. The van der Waals surface area contributed by atoms with E-state index in [0.29, 0.717) is 12.2 Å². The molecule has 1 N–H and O–H groups in total. The molecule has 0 saturated carbocycles. The fourth-order valence-electron chi connectivity index (χ4n) is 4.33. The van der Waals surface area contributed by atoms with Crippen LogP contribution in [0.5, 0.6) is 0 Å². The maximum Gasteiger partial charge on any atom is 0.241 e. The second-order valence-corrected chi connectivity index (χ2v) is 7.94. The average molecular weight is 398 g/mol. The average Bonchev–Trinajstić information content (AvgIpc) is 3.06. The van der Waals surface area contributed by atoms with Crippen molar-refractivity contribution in [2.75, 3.05) is 23.3 Å². The Hall–Kier alpha value is -2.37. The minimum Gasteiger partial charge on any atom is -0.324 e. The van der Waals surface area contributed by atoms with E-state index in [-0.39, 0.29) is 30.3 Å². The predicted molar refractivity (Wildman–Crippen MR) is 112 cm³/mol. The number of benzene rings is 2. The molecule has 0 bridgehead atoms. The van der Waals surface area contributed by atoms with Crippen molar-refractivity contribution < 1.29 is 9.59 Å². The summed E-state index contributed by atoms with van der Waals surface area (Å²) in [7, 11) is 0. The van der Waals surface area contributed by atoms with Crippen LogP contribution in [0.1, 0.15) is 37.8 Å². The van der Waals surface area contributed by atoms with Crippen LogP contribution in [0.4, 0.5) is 11.4 Å². The first-order valence-electron chi connectivity index (χ1n) is 9.74. The van der Waals surface area contributed by atoms with Crippen LogP contribution in [0, 0.1) is 0 Å². The molecule has 146 valence electrons. The number of hydrogen-bond donors (Lipinski definition) is 1. The van der Waals surface area contributed by atoms with E-state index in [0.717, 1.165) is 35.7 Å². The summed E-state index contributed by atoms with van der Waals surface area (Å²) in [6.45, 7) is 3.10. The van der Waals surface area contributed by atoms with Crippen molar-refractivity contribution in [1.82, 2.24) is 4.90 Å². The maximum absolute atomic E-state index is 13.4. The van der Waals surface area contributed by atoms with Crippen molar-refractivity contribution in [2.24, 2.45) is 0 Å². The third-order valence-corrected chi connectivity index (χ3v) is 5.94. The molecular weight excluding hydrogens is 374 g/mol. The molecule has 2 aromatic carbocycles. The van der Waals surface area contributed by atoms with E-state index < -0.39 is 0 Å². The molecule has 5 nitrogen and oxygen atoms in total. The summed E-state index contributed by atoms with van der Waals surface area (Å²) < 4.78 is 0. The van der Waals surface area contributed by atoms with Gasteiger partial charge in [-0.05, 0) is 50.1 Å². The van der Waals surface area contributed by atoms with Gasteiger partial charge in [-0.1, -0.05) is 41.9 Å². The minimum absolute atomic E-state index is 0.00963. The Balaban J connectivity index is 1.59. The van der Waals surface area contributed by atoms with Crippen molar-refractivity contribution in [2.45, 2.75) is 38.3 Å². The summed E-state index contributed by atoms with van der Waals surface area (Å²) in [6.07, 6.45) is 2.31. The van der Waals surface area contributed by atoms with E-state index in [1.54, 1.807) is 4.90 Å². The van der Waals surface area contributed by atoms with Gasteiger partial charge in [0, 0.05) is 23.5 Å². The predicted octanol–water partition coefficient (Wildman–Crippen LogP) is 4.24. The molecule has 1 fully saturated rings. The first-order chi connectivity index (χ1) is 13.5. The van der Waals surface area contributed by atoms with Gasteiger partial charge in [0.2, 0.25) is 11.8 Å². The van der Waals surface area contributed by atoms with Gasteiger partial charge in [0.1, 0.15) is 0 Å². The Bertz CT molecular complexity index is 901. The zero-order chi connectivity index (χ0) is 19.7. The number of rotatable bonds is 3. The quantitative estimate of drug-likeness (QED) is 0.842. The molecule has 0 aromatic heterocycles. The van der Waals surface area contributed by atoms with Gasteiger partial charge in [-0.2, -0.15) is 0 Å². The first-order valence-corrected chi connectivity index (χ1v) is 10.1. The van der Waals surface area contributed by atoms with Crippen LogP contribution in [0.15, 0.2) is 48.5 Å². The molecular formula is C22H24ClN3O2. The first kappa shape index (κ1) is 19.0. The van der Waals surface area contributed by atoms with E-state index in [1.807, 2.05) is 55.5 Å². The fraction of sp³-hybridized carbons (Fsp3) is 0.364. The van der Waals surface area contributed by atoms with Crippen molar-refractivity contribution in [3.63, 3.8) is 0 Å². The van der Waals surface area contributed by atoms with Gasteiger partial charge in [-0.15, -0.1) is 0 Å². The zero-order valence-electron chi connectivity index (χ0n) is 15.9. The van der Waals surface area contributed by atoms with Crippen molar-refractivity contribution in [1.29, 1.82) is 0 Å². The fourth-order valence-corrected chi connectivity index (χ4v) is 4.59. The number of carbonyl (C=O) groups excluding carboxylic acids is 2. The van der Waals surface area contributed by atoms with Crippen LogP contribution in [-0.4, -0.2) is 35.8 Å². The van der Waals surface area contributed by atoms with Crippen molar-refractivity contribution in [3.8, 4) is 0 Å². The second-order valence-electron chi connectivity index (χ2n) is 7.53. The zero-order valence-corrected chi connectivity index (χ0v) is 16.7. The lowest BCUT2D eigenvalue weighted by molar-refractivity contribution is -0.120. The van der Waals surface area contributed by atoms with Gasteiger partial charge in [0.25, 0.3) is 0 Å². The molecule has 4 rings (SSSR count). The van der Waals surface area contributed by atoms with E-state index in [2.05, 4.69) is 10.2 Å². The number of para-hydroxylation sites is 2. The summed E-state index contributed by atoms with van der Waals surface area (Å²) in [6, 6.07) is 15.3. The summed E-state index contributed by atoms with van der Waals surface area (Å²) in [5, 5.41) is 3.65. The number of nitrogens with one attached hydrogen (secondary N) is 1. The van der Waals surface area contributed by atoms with Crippen LogP contribution in [0.25, 0.3) is 0 Å². The van der Waals surface area contributed by atoms with Crippen LogP contribution >= 0.6 is 11.6 Å². The molecule has 28 heavy (non-hydrogen) atoms. The molecule has 1 saturated heterocycles. The highest BCUT2D eigenvalue weighted by Crippen LogP contribution is 2.36. The lowest BCUT2D eigenvalue weighted by Gasteiger charge is -2.32. The Morgan fingerprint density at radius 1 is 1.18 bits per heavy atom. The lowest BCUT2D eigenvalue weighted by Crippen LogP contribution is -2.45. The topological polar surface area (TPSA) is 52.7 Å². The number of halogens is 1. The highest BCUT2D eigenvalue weighted by molar-refractivity contribution is 6.31. The third-order valence-electron chi connectivity index (χ3n) is 5.59. The van der Waals surface area contributed by atoms with Gasteiger partial charge in [-0.25, -0.2) is 0 Å². The summed E-state index contributed by atoms with van der Waals surface area (Å²) in [4.78, 5) is 29.5. The molecule has 2 aromatic rings. The van der Waals surface area contributed by atoms with E-state index >= 15 is 0 Å². The number of hydrogen-bond acceptors (Lipinski definition) is 3. The molecule has 2 aliphatic heterocycles. The van der Waals surface area contributed by atoms with Gasteiger partial charge < -0.3 is 10.2 Å². The summed E-state index contributed by atoms with van der Waals surface area (Å²) >= 11 is 6.41. The third kappa shape index (κ3) is 3.64. The maximum atomic E-state index is 13.4. The second kappa shape index (κ2) is 7.94. The summed E-state index contributed by atoms with van der Waals surface area (Å²) in [5.74, 6) is -0.0548. The molecule has 0 aliphatic carbocycles. The lowest BCUT2D eigenvalue weighted by atomic mass is 10.0. The van der Waals surface area contributed by atoms with Gasteiger partial charge in [0.15, 0.2) is 0 Å². The Morgan fingerprint density at radius 2 is 1.93 bits per heavy atom. The smallest absolute Gasteiger partial charge is 0.241 e. The van der Waals surface area contributed by atoms with Crippen molar-refractivity contribution >= 4 is 34.8 Å². The van der Waals surface area contributed by atoms with Crippen molar-refractivity contribution in [3.05, 3.63) is 59.1 Å². The normalized spacial score (nSPS) is 22.5. The number of anilines is 2. The van der Waals surface area contributed by atoms with E-state index in [9.17, 15) is 9.59 Å². The molecule has 2 atom stereocenters. The van der Waals surface area contributed by atoms with E-state index in [4.69, 9.17) is 11.6 Å². The number of likely N-dealkylation sites (tertiary alicyclic amines) is 1. The van der Waals surface area contributed by atoms with Gasteiger partial charge in [-0.3, -0.25) is 14.5 Å². The van der Waals surface area contributed by atoms with Crippen LogP contribution < -0.4 is 10.2 Å². The molecule has 6 heteroatoms. The van der Waals surface area contributed by atoms with Crippen LogP contribution in [-0.2, 0) is 9.59 Å². The molecule has 2 heterocycles. The number of fused-ring (bicyclic) bond motifs is 1. The highest BCUT2D eigenvalue weighted by Gasteiger charge is 2.34. The largest absolute Gasteiger partial charge is 0.324 e. The van der Waals surface area contributed by atoms with Gasteiger partial charge in [0.05, 0.1) is 17.9 Å². The Labute approximate surface area is 170 Å². The number of carbonyl (C=O) groups is 2. The molecule has 2 unspecified atom stereocenters. The van der Waals surface area contributed by atoms with Crippen LogP contribution in [0.2, 0.25) is 5.02 Å². The Morgan fingerprint density at radius 3 is 2.75 bits per heavy atom. The van der Waals surface area contributed by atoms with Gasteiger partial charge >= 0.3 is 0 Å². The molecule has 0 radical (unpaired) electrons. The number of amides is 2. The van der Waals surface area contributed by atoms with E-state index in [1.165, 1.54) is 0 Å². The van der Waals surface area contributed by atoms with Crippen LogP contribution in [0.3, 0.4) is 0 Å². The Kier molecular flexibility index (Phi) is 5.38. The molecule has 2 amide bonds. The SMILES string of the molecule is CC1CC(=O)Nc2ccccc2N1C(=O)CN1CCCC1c1ccccc1Cl. The molecule has 0 spiro atoms.